The zero-order valence-corrected chi connectivity index (χ0v) is 9.20. The van der Waals surface area contributed by atoms with Gasteiger partial charge in [-0.1, -0.05) is 34.6 Å². The number of hydrogen-bond acceptors (Lipinski definition) is 3. The third kappa shape index (κ3) is 3.97. The van der Waals surface area contributed by atoms with Gasteiger partial charge in [-0.25, -0.2) is 15.0 Å². The van der Waals surface area contributed by atoms with Gasteiger partial charge in [-0.3, -0.25) is 0 Å². The van der Waals surface area contributed by atoms with Crippen molar-refractivity contribution >= 4 is 0 Å². The lowest BCUT2D eigenvalue weighted by Crippen LogP contribution is -2.02. The van der Waals surface area contributed by atoms with Crippen molar-refractivity contribution in [2.75, 3.05) is 0 Å². The Kier molecular flexibility index (Phi) is 6.02. The first kappa shape index (κ1) is 12.0. The summed E-state index contributed by atoms with van der Waals surface area (Å²) >= 11 is 0. The van der Waals surface area contributed by atoms with Gasteiger partial charge in [-0.15, -0.1) is 0 Å². The molecule has 0 spiro atoms. The van der Waals surface area contributed by atoms with Gasteiger partial charge < -0.3 is 0 Å². The molecule has 0 aromatic carbocycles. The number of rotatable bonds is 2. The maximum Gasteiger partial charge on any atom is 0.134 e. The van der Waals surface area contributed by atoms with Crippen LogP contribution in [0.3, 0.4) is 0 Å². The molecule has 1 aromatic heterocycles. The normalized spacial score (nSPS) is 9.38. The number of hydrogen-bond donors (Lipinski definition) is 0. The summed E-state index contributed by atoms with van der Waals surface area (Å²) in [5, 5.41) is 0. The molecular weight excluding hydrogens is 162 g/mol. The van der Waals surface area contributed by atoms with Crippen molar-refractivity contribution in [1.82, 2.24) is 15.0 Å². The van der Waals surface area contributed by atoms with Crippen LogP contribution in [-0.2, 0) is 6.42 Å². The second-order valence-corrected chi connectivity index (χ2v) is 2.77. The molecule has 0 unspecified atom stereocenters. The molecule has 0 aliphatic rings. The van der Waals surface area contributed by atoms with Gasteiger partial charge in [0.15, 0.2) is 0 Å². The molecule has 3 heteroatoms. The molecule has 0 saturated carbocycles. The number of aryl methyl sites for hydroxylation is 1. The van der Waals surface area contributed by atoms with E-state index >= 15 is 0 Å². The summed E-state index contributed by atoms with van der Waals surface area (Å²) in [4.78, 5) is 12.4. The standard InChI is InChI=1S/C8H13N3.C2H6/c1-4-7-9-5-10-8(11-7)6(2)3;1-2/h5-6H,4H2,1-3H3;1-2H3. The highest BCUT2D eigenvalue weighted by Crippen LogP contribution is 2.06. The Morgan fingerprint density at radius 3 is 2.31 bits per heavy atom. The molecule has 0 fully saturated rings. The lowest BCUT2D eigenvalue weighted by atomic mass is 10.2. The van der Waals surface area contributed by atoms with Crippen molar-refractivity contribution in [3.05, 3.63) is 18.0 Å². The van der Waals surface area contributed by atoms with Crippen LogP contribution in [0, 0.1) is 0 Å². The van der Waals surface area contributed by atoms with E-state index in [2.05, 4.69) is 28.8 Å². The van der Waals surface area contributed by atoms with Crippen LogP contribution in [0.1, 0.15) is 52.2 Å². The van der Waals surface area contributed by atoms with E-state index in [1.165, 1.54) is 0 Å². The fourth-order valence-corrected chi connectivity index (χ4v) is 0.793. The maximum absolute atomic E-state index is 4.27. The average Bonchev–Trinajstić information content (AvgIpc) is 2.21. The van der Waals surface area contributed by atoms with Crippen LogP contribution in [0.25, 0.3) is 0 Å². The largest absolute Gasteiger partial charge is 0.221 e. The van der Waals surface area contributed by atoms with Gasteiger partial charge >= 0.3 is 0 Å². The summed E-state index contributed by atoms with van der Waals surface area (Å²) in [6.45, 7) is 10.2. The molecule has 13 heavy (non-hydrogen) atoms. The lowest BCUT2D eigenvalue weighted by molar-refractivity contribution is 0.733. The zero-order chi connectivity index (χ0) is 10.3. The van der Waals surface area contributed by atoms with E-state index in [0.717, 1.165) is 18.1 Å². The highest BCUT2D eigenvalue weighted by Gasteiger charge is 2.02. The minimum atomic E-state index is 0.392. The van der Waals surface area contributed by atoms with E-state index in [1.807, 2.05) is 20.8 Å². The fourth-order valence-electron chi connectivity index (χ4n) is 0.793. The predicted molar refractivity (Wildman–Crippen MR) is 54.6 cm³/mol. The summed E-state index contributed by atoms with van der Waals surface area (Å²) in [6.07, 6.45) is 2.46. The summed E-state index contributed by atoms with van der Waals surface area (Å²) in [6, 6.07) is 0. The molecule has 1 aromatic rings. The number of nitrogens with zero attached hydrogens (tertiary/aromatic N) is 3. The molecule has 0 bridgehead atoms. The van der Waals surface area contributed by atoms with Crippen LogP contribution in [0.15, 0.2) is 6.33 Å². The van der Waals surface area contributed by atoms with Gasteiger partial charge in [0.05, 0.1) is 0 Å². The quantitative estimate of drug-likeness (QED) is 0.704. The molecule has 1 rings (SSSR count). The third-order valence-electron chi connectivity index (χ3n) is 1.47. The molecule has 3 nitrogen and oxygen atoms in total. The van der Waals surface area contributed by atoms with Crippen molar-refractivity contribution in [2.45, 2.75) is 47.0 Å². The topological polar surface area (TPSA) is 38.7 Å². The Bertz CT molecular complexity index is 233. The van der Waals surface area contributed by atoms with Gasteiger partial charge in [0.2, 0.25) is 0 Å². The molecule has 0 atom stereocenters. The van der Waals surface area contributed by atoms with Crippen molar-refractivity contribution in [3.63, 3.8) is 0 Å². The van der Waals surface area contributed by atoms with Gasteiger partial charge in [0.25, 0.3) is 0 Å². The van der Waals surface area contributed by atoms with Crippen LogP contribution in [0.5, 0.6) is 0 Å². The van der Waals surface area contributed by atoms with Crippen molar-refractivity contribution < 1.29 is 0 Å². The van der Waals surface area contributed by atoms with Crippen molar-refractivity contribution in [1.29, 1.82) is 0 Å². The van der Waals surface area contributed by atoms with Gasteiger partial charge in [0.1, 0.15) is 18.0 Å². The molecular formula is C10H19N3. The smallest absolute Gasteiger partial charge is 0.134 e. The highest BCUT2D eigenvalue weighted by atomic mass is 15.0. The van der Waals surface area contributed by atoms with Crippen molar-refractivity contribution in [3.8, 4) is 0 Å². The fraction of sp³-hybridized carbons (Fsp3) is 0.700. The minimum absolute atomic E-state index is 0.392. The number of aromatic nitrogens is 3. The SMILES string of the molecule is CC.CCc1ncnc(C(C)C)n1. The predicted octanol–water partition coefficient (Wildman–Crippen LogP) is 2.58. The zero-order valence-electron chi connectivity index (χ0n) is 9.20. The lowest BCUT2D eigenvalue weighted by Gasteiger charge is -2.02. The van der Waals surface area contributed by atoms with E-state index in [1.54, 1.807) is 6.33 Å². The Balaban J connectivity index is 0.000000671. The summed E-state index contributed by atoms with van der Waals surface area (Å²) < 4.78 is 0. The first-order valence-corrected chi connectivity index (χ1v) is 4.91. The Hall–Kier alpha value is -0.990. The van der Waals surface area contributed by atoms with E-state index in [0.29, 0.717) is 5.92 Å². The summed E-state index contributed by atoms with van der Waals surface area (Å²) in [7, 11) is 0. The van der Waals surface area contributed by atoms with Gasteiger partial charge in [-0.05, 0) is 0 Å². The van der Waals surface area contributed by atoms with Crippen LogP contribution in [0.2, 0.25) is 0 Å². The second-order valence-electron chi connectivity index (χ2n) is 2.77. The average molecular weight is 181 g/mol. The molecule has 0 saturated heterocycles. The maximum atomic E-state index is 4.27. The second kappa shape index (κ2) is 6.52. The molecule has 0 amide bonds. The first-order valence-electron chi connectivity index (χ1n) is 4.91. The molecule has 0 aliphatic carbocycles. The van der Waals surface area contributed by atoms with Gasteiger partial charge in [-0.2, -0.15) is 0 Å². The minimum Gasteiger partial charge on any atom is -0.221 e. The first-order chi connectivity index (χ1) is 6.24. The monoisotopic (exact) mass is 181 g/mol. The van der Waals surface area contributed by atoms with Crippen LogP contribution in [-0.4, -0.2) is 15.0 Å². The van der Waals surface area contributed by atoms with E-state index < -0.39 is 0 Å². The molecule has 74 valence electrons. The Morgan fingerprint density at radius 1 is 1.23 bits per heavy atom. The molecule has 0 N–H and O–H groups in total. The van der Waals surface area contributed by atoms with E-state index in [-0.39, 0.29) is 0 Å². The van der Waals surface area contributed by atoms with Crippen molar-refractivity contribution in [2.24, 2.45) is 0 Å². The summed E-state index contributed by atoms with van der Waals surface area (Å²) in [5.74, 6) is 2.16. The molecule has 1 heterocycles. The summed E-state index contributed by atoms with van der Waals surface area (Å²) in [5.41, 5.74) is 0. The van der Waals surface area contributed by atoms with Crippen LogP contribution in [0.4, 0.5) is 0 Å². The Labute approximate surface area is 80.7 Å². The van der Waals surface area contributed by atoms with Crippen LogP contribution < -0.4 is 0 Å². The van der Waals surface area contributed by atoms with Crippen LogP contribution >= 0.6 is 0 Å². The highest BCUT2D eigenvalue weighted by molar-refractivity contribution is 4.94. The third-order valence-corrected chi connectivity index (χ3v) is 1.47. The molecule has 0 aliphatic heterocycles. The molecule has 0 radical (unpaired) electrons. The van der Waals surface area contributed by atoms with Gasteiger partial charge in [0, 0.05) is 12.3 Å². The van der Waals surface area contributed by atoms with E-state index in [4.69, 9.17) is 0 Å². The Morgan fingerprint density at radius 2 is 1.85 bits per heavy atom. The van der Waals surface area contributed by atoms with E-state index in [9.17, 15) is 0 Å².